The number of carbonyl (C=O) groups is 2. The summed E-state index contributed by atoms with van der Waals surface area (Å²) in [5.74, 6) is -0.0844. The number of nitrogens with zero attached hydrogens (tertiary/aromatic N) is 2. The molecule has 5 heteroatoms. The lowest BCUT2D eigenvalue weighted by Gasteiger charge is -2.36. The van der Waals surface area contributed by atoms with Gasteiger partial charge in [0.25, 0.3) is 0 Å². The lowest BCUT2D eigenvalue weighted by molar-refractivity contribution is -0.147. The van der Waals surface area contributed by atoms with Crippen LogP contribution in [0, 0.1) is 5.92 Å². The number of carbonyl (C=O) groups excluding carboxylic acids is 2. The molecule has 0 bridgehead atoms. The second-order valence-electron chi connectivity index (χ2n) is 7.09. The first kappa shape index (κ1) is 19.4. The highest BCUT2D eigenvalue weighted by Crippen LogP contribution is 2.28. The maximum atomic E-state index is 13.3. The van der Waals surface area contributed by atoms with Crippen molar-refractivity contribution in [2.75, 3.05) is 31.6 Å². The van der Waals surface area contributed by atoms with Gasteiger partial charge in [0.15, 0.2) is 0 Å². The van der Waals surface area contributed by atoms with Gasteiger partial charge in [0.05, 0.1) is 24.8 Å². The molecule has 1 atom stereocenters. The van der Waals surface area contributed by atoms with Crippen molar-refractivity contribution in [1.29, 1.82) is 0 Å². The molecule has 0 aliphatic carbocycles. The van der Waals surface area contributed by atoms with Crippen LogP contribution in [-0.4, -0.2) is 49.6 Å². The molecule has 2 aromatic carbocycles. The molecule has 1 fully saturated rings. The Morgan fingerprint density at radius 2 is 1.81 bits per heavy atom. The van der Waals surface area contributed by atoms with E-state index in [1.165, 1.54) is 7.11 Å². The third-order valence-electron chi connectivity index (χ3n) is 5.61. The van der Waals surface area contributed by atoms with Gasteiger partial charge in [-0.1, -0.05) is 36.4 Å². The van der Waals surface area contributed by atoms with Crippen LogP contribution in [0.2, 0.25) is 0 Å². The topological polar surface area (TPSA) is 49.9 Å². The van der Waals surface area contributed by atoms with Gasteiger partial charge in [-0.3, -0.25) is 14.5 Å². The molecule has 0 saturated carbocycles. The van der Waals surface area contributed by atoms with E-state index in [2.05, 4.69) is 23.1 Å². The number of ether oxygens (including phenoxy) is 1. The summed E-state index contributed by atoms with van der Waals surface area (Å²) in [7, 11) is 1.43. The maximum absolute atomic E-state index is 13.3. The van der Waals surface area contributed by atoms with Crippen molar-refractivity contribution in [2.24, 2.45) is 5.92 Å². The van der Waals surface area contributed by atoms with Crippen molar-refractivity contribution in [3.63, 3.8) is 0 Å². The van der Waals surface area contributed by atoms with Crippen molar-refractivity contribution in [3.8, 4) is 0 Å². The third kappa shape index (κ3) is 3.98. The van der Waals surface area contributed by atoms with Crippen LogP contribution in [0.3, 0.4) is 0 Å². The van der Waals surface area contributed by atoms with Crippen molar-refractivity contribution in [2.45, 2.75) is 32.7 Å². The van der Waals surface area contributed by atoms with Gasteiger partial charge in [-0.2, -0.15) is 0 Å². The maximum Gasteiger partial charge on any atom is 0.308 e. The summed E-state index contributed by atoms with van der Waals surface area (Å²) in [4.78, 5) is 29.1. The summed E-state index contributed by atoms with van der Waals surface area (Å²) in [6, 6.07) is 14.0. The number of rotatable bonds is 5. The summed E-state index contributed by atoms with van der Waals surface area (Å²) < 4.78 is 4.85. The number of fused-ring (bicyclic) bond motifs is 1. The number of esters is 1. The van der Waals surface area contributed by atoms with Gasteiger partial charge in [0.1, 0.15) is 0 Å². The predicted octanol–water partition coefficient (Wildman–Crippen LogP) is 3.47. The molecule has 1 heterocycles. The number of anilines is 1. The number of benzene rings is 2. The van der Waals surface area contributed by atoms with Gasteiger partial charge in [0.2, 0.25) is 5.91 Å². The number of hydrogen-bond acceptors (Lipinski definition) is 4. The molecular formula is C22H28N2O3. The average Bonchev–Trinajstić information content (AvgIpc) is 2.73. The quantitative estimate of drug-likeness (QED) is 0.759. The van der Waals surface area contributed by atoms with Crippen LogP contribution in [0.15, 0.2) is 42.5 Å². The highest BCUT2D eigenvalue weighted by molar-refractivity contribution is 6.05. The normalized spacial score (nSPS) is 16.9. The number of piperidine rings is 1. The molecule has 0 radical (unpaired) electrons. The van der Waals surface area contributed by atoms with Crippen molar-refractivity contribution in [1.82, 2.24) is 4.90 Å². The van der Waals surface area contributed by atoms with E-state index < -0.39 is 0 Å². The fourth-order valence-electron chi connectivity index (χ4n) is 3.96. The second-order valence-corrected chi connectivity index (χ2v) is 7.09. The molecule has 27 heavy (non-hydrogen) atoms. The molecule has 1 amide bonds. The Morgan fingerprint density at radius 1 is 1.15 bits per heavy atom. The van der Waals surface area contributed by atoms with Gasteiger partial charge in [-0.25, -0.2) is 0 Å². The number of methoxy groups -OCH3 is 1. The van der Waals surface area contributed by atoms with Gasteiger partial charge in [-0.05, 0) is 51.2 Å². The lowest BCUT2D eigenvalue weighted by atomic mass is 9.96. The van der Waals surface area contributed by atoms with Crippen LogP contribution in [0.4, 0.5) is 5.69 Å². The fraction of sp³-hybridized carbons (Fsp3) is 0.455. The van der Waals surface area contributed by atoms with E-state index in [0.29, 0.717) is 6.54 Å². The lowest BCUT2D eigenvalue weighted by Crippen LogP contribution is -2.50. The highest BCUT2D eigenvalue weighted by Gasteiger charge is 2.32. The van der Waals surface area contributed by atoms with E-state index in [1.807, 2.05) is 43.0 Å². The molecule has 0 spiro atoms. The Labute approximate surface area is 160 Å². The average molecular weight is 368 g/mol. The van der Waals surface area contributed by atoms with Crippen LogP contribution in [0.5, 0.6) is 0 Å². The van der Waals surface area contributed by atoms with Crippen LogP contribution in [0.1, 0.15) is 26.7 Å². The largest absolute Gasteiger partial charge is 0.469 e. The van der Waals surface area contributed by atoms with E-state index in [0.717, 1.165) is 42.4 Å². The molecule has 5 nitrogen and oxygen atoms in total. The zero-order valence-corrected chi connectivity index (χ0v) is 16.4. The van der Waals surface area contributed by atoms with Crippen molar-refractivity contribution in [3.05, 3.63) is 42.5 Å². The van der Waals surface area contributed by atoms with Gasteiger partial charge in [-0.15, -0.1) is 0 Å². The van der Waals surface area contributed by atoms with E-state index in [-0.39, 0.29) is 23.8 Å². The number of amides is 1. The smallest absolute Gasteiger partial charge is 0.308 e. The molecule has 2 aromatic rings. The second kappa shape index (κ2) is 8.53. The standard InChI is InChI=1S/C22H28N2O3/c1-4-24(20-11-7-9-17-8-5-6-10-19(17)20)21(25)16(2)23-14-12-18(13-15-23)22(26)27-3/h5-11,16,18H,4,12-15H2,1-3H3/t16-/m0/s1. The van der Waals surface area contributed by atoms with Crippen LogP contribution in [-0.2, 0) is 14.3 Å². The Balaban J connectivity index is 1.76. The highest BCUT2D eigenvalue weighted by atomic mass is 16.5. The van der Waals surface area contributed by atoms with Crippen LogP contribution < -0.4 is 4.90 Å². The Kier molecular flexibility index (Phi) is 6.11. The zero-order valence-electron chi connectivity index (χ0n) is 16.4. The minimum absolute atomic E-state index is 0.0473. The first-order chi connectivity index (χ1) is 13.1. The molecule has 144 valence electrons. The van der Waals surface area contributed by atoms with E-state index in [1.54, 1.807) is 0 Å². The first-order valence-electron chi connectivity index (χ1n) is 9.67. The number of likely N-dealkylation sites (tertiary alicyclic amines) is 1. The molecule has 0 unspecified atom stereocenters. The predicted molar refractivity (Wildman–Crippen MR) is 108 cm³/mol. The van der Waals surface area contributed by atoms with E-state index in [9.17, 15) is 9.59 Å². The van der Waals surface area contributed by atoms with Crippen LogP contribution >= 0.6 is 0 Å². The molecule has 1 saturated heterocycles. The monoisotopic (exact) mass is 368 g/mol. The minimum atomic E-state index is -0.220. The summed E-state index contributed by atoms with van der Waals surface area (Å²) in [6.45, 7) is 6.07. The zero-order chi connectivity index (χ0) is 19.4. The fourth-order valence-corrected chi connectivity index (χ4v) is 3.96. The molecular weight excluding hydrogens is 340 g/mol. The molecule has 3 rings (SSSR count). The Bertz CT molecular complexity index is 807. The molecule has 0 N–H and O–H groups in total. The molecule has 1 aliphatic rings. The van der Waals surface area contributed by atoms with Gasteiger partial charge < -0.3 is 9.64 Å². The summed E-state index contributed by atoms with van der Waals surface area (Å²) in [6.07, 6.45) is 1.48. The minimum Gasteiger partial charge on any atom is -0.469 e. The van der Waals surface area contributed by atoms with E-state index in [4.69, 9.17) is 4.74 Å². The summed E-state index contributed by atoms with van der Waals surface area (Å²) in [5, 5.41) is 2.22. The summed E-state index contributed by atoms with van der Waals surface area (Å²) >= 11 is 0. The summed E-state index contributed by atoms with van der Waals surface area (Å²) in [5.41, 5.74) is 0.955. The Hall–Kier alpha value is -2.40. The first-order valence-corrected chi connectivity index (χ1v) is 9.67. The van der Waals surface area contributed by atoms with Crippen molar-refractivity contribution >= 4 is 28.3 Å². The number of likely N-dealkylation sites (N-methyl/N-ethyl adjacent to an activating group) is 1. The third-order valence-corrected chi connectivity index (χ3v) is 5.61. The molecule has 0 aromatic heterocycles. The van der Waals surface area contributed by atoms with Gasteiger partial charge >= 0.3 is 5.97 Å². The molecule has 1 aliphatic heterocycles. The SMILES string of the molecule is CCN(C(=O)[C@H](C)N1CCC(C(=O)OC)CC1)c1cccc2ccccc12. The Morgan fingerprint density at radius 3 is 2.48 bits per heavy atom. The van der Waals surface area contributed by atoms with Crippen molar-refractivity contribution < 1.29 is 14.3 Å². The van der Waals surface area contributed by atoms with E-state index >= 15 is 0 Å². The number of hydrogen-bond donors (Lipinski definition) is 0. The van der Waals surface area contributed by atoms with Gasteiger partial charge in [0, 0.05) is 11.9 Å². The van der Waals surface area contributed by atoms with Crippen LogP contribution in [0.25, 0.3) is 10.8 Å².